The zero-order valence-corrected chi connectivity index (χ0v) is 12.0. The molecule has 0 spiro atoms. The first-order valence-electron chi connectivity index (χ1n) is 6.73. The van der Waals surface area contributed by atoms with E-state index in [2.05, 4.69) is 0 Å². The molecule has 4 nitrogen and oxygen atoms in total. The van der Waals surface area contributed by atoms with Crippen LogP contribution in [0.3, 0.4) is 0 Å². The van der Waals surface area contributed by atoms with Crippen molar-refractivity contribution in [3.63, 3.8) is 0 Å². The van der Waals surface area contributed by atoms with Gasteiger partial charge in [-0.2, -0.15) is 13.2 Å². The molecule has 1 heterocycles. The van der Waals surface area contributed by atoms with Gasteiger partial charge < -0.3 is 9.80 Å². The number of hydrogen-bond donors (Lipinski definition) is 0. The van der Waals surface area contributed by atoms with Gasteiger partial charge in [0.2, 0.25) is 11.8 Å². The Bertz CT molecular complexity index is 369. The average Bonchev–Trinajstić information content (AvgIpc) is 2.35. The number of alkyl halides is 3. The molecule has 1 saturated heterocycles. The van der Waals surface area contributed by atoms with Gasteiger partial charge in [-0.3, -0.25) is 9.59 Å². The van der Waals surface area contributed by atoms with E-state index in [-0.39, 0.29) is 18.5 Å². The highest BCUT2D eigenvalue weighted by molar-refractivity contribution is 5.81. The molecule has 0 bridgehead atoms. The van der Waals surface area contributed by atoms with Crippen molar-refractivity contribution >= 4 is 11.8 Å². The minimum Gasteiger partial charge on any atom is -0.343 e. The summed E-state index contributed by atoms with van der Waals surface area (Å²) in [6, 6.07) is 0.0313. The van der Waals surface area contributed by atoms with Crippen LogP contribution in [-0.4, -0.2) is 54.0 Å². The molecule has 0 N–H and O–H groups in total. The lowest BCUT2D eigenvalue weighted by Gasteiger charge is -2.35. The van der Waals surface area contributed by atoms with Gasteiger partial charge in [0.05, 0.1) is 5.92 Å². The highest BCUT2D eigenvalue weighted by Gasteiger charge is 2.36. The van der Waals surface area contributed by atoms with Gasteiger partial charge in [0.15, 0.2) is 0 Å². The molecule has 0 aromatic carbocycles. The first-order valence-corrected chi connectivity index (χ1v) is 6.73. The summed E-state index contributed by atoms with van der Waals surface area (Å²) in [5.74, 6) is -1.44. The molecule has 0 aliphatic carbocycles. The molecular weight excluding hydrogens is 273 g/mol. The predicted octanol–water partition coefficient (Wildman–Crippen LogP) is 2.04. The van der Waals surface area contributed by atoms with Crippen molar-refractivity contribution in [1.82, 2.24) is 9.80 Å². The van der Waals surface area contributed by atoms with Gasteiger partial charge in [0.25, 0.3) is 0 Å². The molecule has 20 heavy (non-hydrogen) atoms. The molecule has 2 amide bonds. The summed E-state index contributed by atoms with van der Waals surface area (Å²) in [6.45, 7) is 4.12. The fourth-order valence-corrected chi connectivity index (χ4v) is 2.23. The second kappa shape index (κ2) is 6.45. The van der Waals surface area contributed by atoms with E-state index in [9.17, 15) is 22.8 Å². The van der Waals surface area contributed by atoms with Crippen molar-refractivity contribution in [1.29, 1.82) is 0 Å². The molecule has 0 unspecified atom stereocenters. The lowest BCUT2D eigenvalue weighted by atomic mass is 9.96. The fourth-order valence-electron chi connectivity index (χ4n) is 2.23. The molecule has 1 aliphatic heterocycles. The predicted molar refractivity (Wildman–Crippen MR) is 67.9 cm³/mol. The van der Waals surface area contributed by atoms with Crippen molar-refractivity contribution in [3.05, 3.63) is 0 Å². The maximum Gasteiger partial charge on any atom is 0.397 e. The van der Waals surface area contributed by atoms with Crippen molar-refractivity contribution in [2.75, 3.05) is 20.1 Å². The van der Waals surface area contributed by atoms with E-state index in [1.54, 1.807) is 11.9 Å². The Labute approximate surface area is 116 Å². The highest BCUT2D eigenvalue weighted by Crippen LogP contribution is 2.24. The fraction of sp³-hybridized carbons (Fsp3) is 0.846. The van der Waals surface area contributed by atoms with Crippen LogP contribution in [0.1, 0.15) is 33.1 Å². The molecule has 116 valence electrons. The van der Waals surface area contributed by atoms with Crippen LogP contribution in [0.4, 0.5) is 13.2 Å². The van der Waals surface area contributed by atoms with E-state index in [0.717, 1.165) is 4.90 Å². The van der Waals surface area contributed by atoms with Gasteiger partial charge in [0.1, 0.15) is 6.42 Å². The number of halogens is 3. The molecule has 0 aromatic heterocycles. The second-order valence-electron chi connectivity index (χ2n) is 5.51. The van der Waals surface area contributed by atoms with Crippen LogP contribution in [-0.2, 0) is 9.59 Å². The lowest BCUT2D eigenvalue weighted by molar-refractivity contribution is -0.163. The van der Waals surface area contributed by atoms with Crippen LogP contribution in [0.5, 0.6) is 0 Å². The molecule has 7 heteroatoms. The number of likely N-dealkylation sites (tertiary alicyclic amines) is 1. The van der Waals surface area contributed by atoms with Crippen molar-refractivity contribution in [2.45, 2.75) is 45.3 Å². The van der Waals surface area contributed by atoms with E-state index >= 15 is 0 Å². The van der Waals surface area contributed by atoms with Crippen LogP contribution in [0.15, 0.2) is 0 Å². The van der Waals surface area contributed by atoms with E-state index in [1.807, 2.05) is 13.8 Å². The minimum atomic E-state index is -4.50. The third-order valence-electron chi connectivity index (χ3n) is 3.60. The largest absolute Gasteiger partial charge is 0.397 e. The van der Waals surface area contributed by atoms with Gasteiger partial charge in [-0.15, -0.1) is 0 Å². The number of nitrogens with zero attached hydrogens (tertiary/aromatic N) is 2. The molecule has 0 saturated carbocycles. The van der Waals surface area contributed by atoms with Gasteiger partial charge in [-0.05, 0) is 26.7 Å². The number of carbonyl (C=O) groups excluding carboxylic acids is 2. The summed E-state index contributed by atoms with van der Waals surface area (Å²) in [4.78, 5) is 26.5. The Morgan fingerprint density at radius 2 is 1.95 bits per heavy atom. The Morgan fingerprint density at radius 3 is 2.45 bits per heavy atom. The SMILES string of the molecule is CC(C)N(C)C(=O)[C@@H]1CCCN(C(=O)CC(F)(F)F)C1. The Morgan fingerprint density at radius 1 is 1.35 bits per heavy atom. The molecule has 1 rings (SSSR count). The summed E-state index contributed by atoms with van der Waals surface area (Å²) in [5.41, 5.74) is 0. The van der Waals surface area contributed by atoms with E-state index in [0.29, 0.717) is 19.4 Å². The van der Waals surface area contributed by atoms with Gasteiger partial charge in [-0.25, -0.2) is 0 Å². The first-order chi connectivity index (χ1) is 9.11. The quantitative estimate of drug-likeness (QED) is 0.799. The molecule has 1 fully saturated rings. The van der Waals surface area contributed by atoms with Crippen LogP contribution in [0, 0.1) is 5.92 Å². The van der Waals surface area contributed by atoms with Crippen LogP contribution < -0.4 is 0 Å². The zero-order valence-electron chi connectivity index (χ0n) is 12.0. The smallest absolute Gasteiger partial charge is 0.343 e. The number of rotatable bonds is 3. The average molecular weight is 294 g/mol. The van der Waals surface area contributed by atoms with Crippen LogP contribution in [0.2, 0.25) is 0 Å². The topological polar surface area (TPSA) is 40.6 Å². The standard InChI is InChI=1S/C13H21F3N2O2/c1-9(2)17(3)12(20)10-5-4-6-18(8-10)11(19)7-13(14,15)16/h9-10H,4-8H2,1-3H3/t10-/m1/s1. The van der Waals surface area contributed by atoms with Crippen molar-refractivity contribution < 1.29 is 22.8 Å². The Kier molecular flexibility index (Phi) is 5.42. The minimum absolute atomic E-state index is 0.0313. The Hall–Kier alpha value is -1.27. The Balaban J connectivity index is 2.63. The highest BCUT2D eigenvalue weighted by atomic mass is 19.4. The number of carbonyl (C=O) groups is 2. The maximum atomic E-state index is 12.2. The summed E-state index contributed by atoms with van der Waals surface area (Å²) >= 11 is 0. The molecule has 0 radical (unpaired) electrons. The van der Waals surface area contributed by atoms with E-state index in [4.69, 9.17) is 0 Å². The van der Waals surface area contributed by atoms with Crippen molar-refractivity contribution in [3.8, 4) is 0 Å². The summed E-state index contributed by atoms with van der Waals surface area (Å²) in [6.07, 6.45) is -4.77. The second-order valence-corrected chi connectivity index (χ2v) is 5.51. The van der Waals surface area contributed by atoms with Crippen molar-refractivity contribution in [2.24, 2.45) is 5.92 Å². The zero-order chi connectivity index (χ0) is 15.5. The number of hydrogen-bond acceptors (Lipinski definition) is 2. The van der Waals surface area contributed by atoms with Gasteiger partial charge >= 0.3 is 6.18 Å². The summed E-state index contributed by atoms with van der Waals surface area (Å²) in [7, 11) is 1.67. The van der Waals surface area contributed by atoms with E-state index < -0.39 is 24.4 Å². The molecule has 1 aliphatic rings. The van der Waals surface area contributed by atoms with E-state index in [1.165, 1.54) is 0 Å². The van der Waals surface area contributed by atoms with Gasteiger partial charge in [0, 0.05) is 26.2 Å². The third kappa shape index (κ3) is 4.68. The first kappa shape index (κ1) is 16.8. The molecule has 0 aromatic rings. The summed E-state index contributed by atoms with van der Waals surface area (Å²) in [5, 5.41) is 0. The number of amides is 2. The van der Waals surface area contributed by atoms with Crippen LogP contribution in [0.25, 0.3) is 0 Å². The normalized spacial score (nSPS) is 20.1. The third-order valence-corrected chi connectivity index (χ3v) is 3.60. The molecule has 1 atom stereocenters. The maximum absolute atomic E-state index is 12.2. The monoisotopic (exact) mass is 294 g/mol. The van der Waals surface area contributed by atoms with Crippen LogP contribution >= 0.6 is 0 Å². The number of piperidine rings is 1. The van der Waals surface area contributed by atoms with Gasteiger partial charge in [-0.1, -0.05) is 0 Å². The summed E-state index contributed by atoms with van der Waals surface area (Å²) < 4.78 is 36.7. The molecular formula is C13H21F3N2O2. The lowest BCUT2D eigenvalue weighted by Crippen LogP contribution is -2.47.